The number of unbranched alkanes of at least 4 members (excludes halogenated alkanes) is 1. The predicted octanol–water partition coefficient (Wildman–Crippen LogP) is -1.06. The van der Waals surface area contributed by atoms with Gasteiger partial charge in [0.2, 0.25) is 0 Å². The zero-order valence-corrected chi connectivity index (χ0v) is 10.2. The van der Waals surface area contributed by atoms with Gasteiger partial charge < -0.3 is 9.84 Å². The van der Waals surface area contributed by atoms with E-state index in [-0.39, 0.29) is 35.3 Å². The van der Waals surface area contributed by atoms with Crippen molar-refractivity contribution in [3.05, 3.63) is 24.3 Å². The molecular weight excluding hydrogens is 175 g/mol. The molecule has 0 heterocycles. The van der Waals surface area contributed by atoms with Crippen LogP contribution >= 0.6 is 0 Å². The van der Waals surface area contributed by atoms with Gasteiger partial charge in [0.1, 0.15) is 5.75 Å². The summed E-state index contributed by atoms with van der Waals surface area (Å²) in [4.78, 5) is 0. The normalized spacial score (nSPS) is 9.00. The standard InChI is InChI=1S/C10H14O2.Na/c1-2-3-8-12-10-6-4-9(11)5-7-10;/h4-7,11H,2-3,8H2,1H3;/q;+1/p-1. The average molecular weight is 188 g/mol. The first kappa shape index (κ1) is 12.8. The van der Waals surface area contributed by atoms with Crippen LogP contribution in [0.1, 0.15) is 19.8 Å². The Morgan fingerprint density at radius 1 is 1.23 bits per heavy atom. The molecule has 0 saturated carbocycles. The van der Waals surface area contributed by atoms with E-state index in [0.29, 0.717) is 0 Å². The minimum absolute atomic E-state index is 0. The molecule has 0 N–H and O–H groups in total. The Morgan fingerprint density at radius 2 is 1.85 bits per heavy atom. The van der Waals surface area contributed by atoms with Crippen molar-refractivity contribution in [2.45, 2.75) is 19.8 Å². The van der Waals surface area contributed by atoms with E-state index >= 15 is 0 Å². The molecule has 0 aliphatic rings. The fraction of sp³-hybridized carbons (Fsp3) is 0.400. The molecule has 0 aliphatic heterocycles. The number of benzene rings is 1. The van der Waals surface area contributed by atoms with Crippen molar-refractivity contribution < 1.29 is 39.4 Å². The minimum Gasteiger partial charge on any atom is -0.872 e. The van der Waals surface area contributed by atoms with Crippen LogP contribution in [0, 0.1) is 0 Å². The van der Waals surface area contributed by atoms with Crippen LogP contribution in [-0.4, -0.2) is 6.61 Å². The Bertz CT molecular complexity index is 221. The van der Waals surface area contributed by atoms with Crippen LogP contribution in [0.25, 0.3) is 0 Å². The van der Waals surface area contributed by atoms with E-state index in [1.165, 1.54) is 12.1 Å². The van der Waals surface area contributed by atoms with Crippen LogP contribution in [0.4, 0.5) is 0 Å². The molecule has 0 atom stereocenters. The molecule has 0 aliphatic carbocycles. The summed E-state index contributed by atoms with van der Waals surface area (Å²) < 4.78 is 5.36. The van der Waals surface area contributed by atoms with Crippen LogP contribution in [-0.2, 0) is 0 Å². The van der Waals surface area contributed by atoms with Gasteiger partial charge in [-0.1, -0.05) is 25.5 Å². The molecule has 1 rings (SSSR count). The van der Waals surface area contributed by atoms with Gasteiger partial charge in [0.25, 0.3) is 0 Å². The van der Waals surface area contributed by atoms with Gasteiger partial charge >= 0.3 is 29.6 Å². The molecule has 2 nitrogen and oxygen atoms in total. The quantitative estimate of drug-likeness (QED) is 0.446. The van der Waals surface area contributed by atoms with Gasteiger partial charge in [0, 0.05) is 0 Å². The third kappa shape index (κ3) is 5.19. The van der Waals surface area contributed by atoms with Crippen LogP contribution in [0.3, 0.4) is 0 Å². The average Bonchev–Trinajstić information content (AvgIpc) is 2.09. The zero-order chi connectivity index (χ0) is 8.81. The third-order valence-electron chi connectivity index (χ3n) is 1.59. The number of hydrogen-bond donors (Lipinski definition) is 0. The summed E-state index contributed by atoms with van der Waals surface area (Å²) in [5.74, 6) is 0.806. The Labute approximate surface area is 101 Å². The fourth-order valence-corrected chi connectivity index (χ4v) is 0.870. The molecule has 0 unspecified atom stereocenters. The monoisotopic (exact) mass is 188 g/mol. The SMILES string of the molecule is CCCCOc1ccc([O-])cc1.[Na+]. The van der Waals surface area contributed by atoms with Crippen molar-refractivity contribution >= 4 is 0 Å². The van der Waals surface area contributed by atoms with Crippen molar-refractivity contribution in [1.29, 1.82) is 0 Å². The number of hydrogen-bond acceptors (Lipinski definition) is 2. The molecule has 0 radical (unpaired) electrons. The Balaban J connectivity index is 0.00000144. The number of ether oxygens (including phenoxy) is 1. The smallest absolute Gasteiger partial charge is 0.872 e. The van der Waals surface area contributed by atoms with E-state index in [9.17, 15) is 5.11 Å². The molecule has 1 aromatic carbocycles. The fourth-order valence-electron chi connectivity index (χ4n) is 0.870. The van der Waals surface area contributed by atoms with Crippen LogP contribution < -0.4 is 39.4 Å². The summed E-state index contributed by atoms with van der Waals surface area (Å²) in [5, 5.41) is 10.7. The minimum atomic E-state index is 0. The van der Waals surface area contributed by atoms with Crippen molar-refractivity contribution in [2.24, 2.45) is 0 Å². The van der Waals surface area contributed by atoms with Crippen molar-refractivity contribution in [3.63, 3.8) is 0 Å². The van der Waals surface area contributed by atoms with Crippen LogP contribution in [0.15, 0.2) is 24.3 Å². The van der Waals surface area contributed by atoms with E-state index in [4.69, 9.17) is 4.74 Å². The summed E-state index contributed by atoms with van der Waals surface area (Å²) in [7, 11) is 0. The summed E-state index contributed by atoms with van der Waals surface area (Å²) in [5.41, 5.74) is 0. The van der Waals surface area contributed by atoms with E-state index in [0.717, 1.165) is 25.2 Å². The number of rotatable bonds is 4. The Kier molecular flexibility index (Phi) is 7.14. The van der Waals surface area contributed by atoms with Gasteiger partial charge in [0.15, 0.2) is 0 Å². The maximum Gasteiger partial charge on any atom is 1.00 e. The van der Waals surface area contributed by atoms with Gasteiger partial charge in [0.05, 0.1) is 6.61 Å². The second-order valence-electron chi connectivity index (χ2n) is 2.67. The largest absolute Gasteiger partial charge is 1.00 e. The van der Waals surface area contributed by atoms with Gasteiger partial charge in [-0.15, -0.1) is 5.75 Å². The molecule has 0 fully saturated rings. The molecule has 0 saturated heterocycles. The van der Waals surface area contributed by atoms with E-state index in [2.05, 4.69) is 6.92 Å². The molecular formula is C10H13NaO2. The van der Waals surface area contributed by atoms with Gasteiger partial charge in [-0.2, -0.15) is 0 Å². The van der Waals surface area contributed by atoms with Crippen LogP contribution in [0.5, 0.6) is 11.5 Å². The van der Waals surface area contributed by atoms with Crippen molar-refractivity contribution in [3.8, 4) is 11.5 Å². The third-order valence-corrected chi connectivity index (χ3v) is 1.59. The Hall–Kier alpha value is -0.180. The van der Waals surface area contributed by atoms with E-state index in [1.807, 2.05) is 0 Å². The second kappa shape index (κ2) is 7.25. The molecule has 0 aromatic heterocycles. The molecule has 66 valence electrons. The molecule has 0 bridgehead atoms. The van der Waals surface area contributed by atoms with Crippen LogP contribution in [0.2, 0.25) is 0 Å². The van der Waals surface area contributed by atoms with E-state index in [1.54, 1.807) is 12.1 Å². The first-order chi connectivity index (χ1) is 5.83. The maximum absolute atomic E-state index is 10.7. The summed E-state index contributed by atoms with van der Waals surface area (Å²) in [6, 6.07) is 6.44. The molecule has 0 amide bonds. The summed E-state index contributed by atoms with van der Waals surface area (Å²) in [6.07, 6.45) is 2.18. The van der Waals surface area contributed by atoms with Gasteiger partial charge in [-0.3, -0.25) is 0 Å². The van der Waals surface area contributed by atoms with Crippen molar-refractivity contribution in [2.75, 3.05) is 6.61 Å². The first-order valence-electron chi connectivity index (χ1n) is 4.23. The van der Waals surface area contributed by atoms with Gasteiger partial charge in [-0.25, -0.2) is 0 Å². The zero-order valence-electron chi connectivity index (χ0n) is 8.25. The summed E-state index contributed by atoms with van der Waals surface area (Å²) in [6.45, 7) is 2.85. The topological polar surface area (TPSA) is 32.3 Å². The molecule has 13 heavy (non-hydrogen) atoms. The maximum atomic E-state index is 10.7. The van der Waals surface area contributed by atoms with Crippen molar-refractivity contribution in [1.82, 2.24) is 0 Å². The summed E-state index contributed by atoms with van der Waals surface area (Å²) >= 11 is 0. The van der Waals surface area contributed by atoms with E-state index < -0.39 is 0 Å². The Morgan fingerprint density at radius 3 is 2.38 bits per heavy atom. The second-order valence-corrected chi connectivity index (χ2v) is 2.67. The first-order valence-corrected chi connectivity index (χ1v) is 4.23. The molecule has 3 heteroatoms. The predicted molar refractivity (Wildman–Crippen MR) is 46.3 cm³/mol. The molecule has 1 aromatic rings. The molecule has 0 spiro atoms. The van der Waals surface area contributed by atoms with Gasteiger partial charge in [-0.05, 0) is 18.6 Å².